The third-order valence-corrected chi connectivity index (χ3v) is 3.25. The predicted molar refractivity (Wildman–Crippen MR) is 77.6 cm³/mol. The fourth-order valence-corrected chi connectivity index (χ4v) is 2.14. The molecule has 19 heavy (non-hydrogen) atoms. The summed E-state index contributed by atoms with van der Waals surface area (Å²) in [5, 5.41) is 0. The predicted octanol–water partition coefficient (Wildman–Crippen LogP) is 3.67. The van der Waals surface area contributed by atoms with Gasteiger partial charge in [0.2, 0.25) is 0 Å². The smallest absolute Gasteiger partial charge is 0.129 e. The highest BCUT2D eigenvalue weighted by atomic mass is 79.9. The Labute approximate surface area is 120 Å². The van der Waals surface area contributed by atoms with Crippen molar-refractivity contribution in [2.24, 2.45) is 5.73 Å². The SMILES string of the molecule is NCCc1ccc(OCc2cc(Br)ccc2F)cc1. The summed E-state index contributed by atoms with van der Waals surface area (Å²) in [6.07, 6.45) is 0.848. The number of rotatable bonds is 5. The van der Waals surface area contributed by atoms with E-state index in [9.17, 15) is 4.39 Å². The minimum absolute atomic E-state index is 0.210. The maximum atomic E-state index is 13.5. The number of ether oxygens (including phenoxy) is 1. The van der Waals surface area contributed by atoms with Gasteiger partial charge in [-0.1, -0.05) is 28.1 Å². The molecule has 0 amide bonds. The molecule has 4 heteroatoms. The van der Waals surface area contributed by atoms with Gasteiger partial charge < -0.3 is 10.5 Å². The normalized spacial score (nSPS) is 10.5. The Morgan fingerprint density at radius 2 is 1.84 bits per heavy atom. The van der Waals surface area contributed by atoms with E-state index in [0.29, 0.717) is 12.1 Å². The van der Waals surface area contributed by atoms with Crippen molar-refractivity contribution in [3.05, 3.63) is 63.9 Å². The van der Waals surface area contributed by atoms with Crippen LogP contribution in [0.15, 0.2) is 46.9 Å². The Kier molecular flexibility index (Phi) is 4.93. The van der Waals surface area contributed by atoms with Crippen LogP contribution in [-0.2, 0) is 13.0 Å². The first-order valence-electron chi connectivity index (χ1n) is 6.05. The van der Waals surface area contributed by atoms with Crippen molar-refractivity contribution >= 4 is 15.9 Å². The summed E-state index contributed by atoms with van der Waals surface area (Å²) in [6, 6.07) is 12.5. The van der Waals surface area contributed by atoms with Crippen molar-refractivity contribution in [3.63, 3.8) is 0 Å². The molecule has 0 unspecified atom stereocenters. The fourth-order valence-electron chi connectivity index (χ4n) is 1.73. The van der Waals surface area contributed by atoms with E-state index < -0.39 is 0 Å². The second-order valence-corrected chi connectivity index (χ2v) is 5.12. The van der Waals surface area contributed by atoms with Crippen LogP contribution in [0.1, 0.15) is 11.1 Å². The third-order valence-electron chi connectivity index (χ3n) is 2.76. The molecule has 2 nitrogen and oxygen atoms in total. The molecule has 0 heterocycles. The van der Waals surface area contributed by atoms with Crippen molar-refractivity contribution in [1.29, 1.82) is 0 Å². The van der Waals surface area contributed by atoms with Crippen LogP contribution < -0.4 is 10.5 Å². The van der Waals surface area contributed by atoms with Gasteiger partial charge in [-0.05, 0) is 48.9 Å². The second kappa shape index (κ2) is 6.68. The van der Waals surface area contributed by atoms with Gasteiger partial charge in [0.15, 0.2) is 0 Å². The van der Waals surface area contributed by atoms with Crippen LogP contribution in [-0.4, -0.2) is 6.54 Å². The number of halogens is 2. The summed E-state index contributed by atoms with van der Waals surface area (Å²) in [5.74, 6) is 0.461. The maximum absolute atomic E-state index is 13.5. The van der Waals surface area contributed by atoms with Crippen molar-refractivity contribution < 1.29 is 9.13 Å². The fraction of sp³-hybridized carbons (Fsp3) is 0.200. The van der Waals surface area contributed by atoms with E-state index in [4.69, 9.17) is 10.5 Å². The number of nitrogens with two attached hydrogens (primary N) is 1. The minimum atomic E-state index is -0.261. The molecule has 0 saturated carbocycles. The van der Waals surface area contributed by atoms with E-state index in [1.54, 1.807) is 12.1 Å². The van der Waals surface area contributed by atoms with Crippen LogP contribution in [0.25, 0.3) is 0 Å². The quantitative estimate of drug-likeness (QED) is 0.911. The van der Waals surface area contributed by atoms with Crippen molar-refractivity contribution in [2.45, 2.75) is 13.0 Å². The van der Waals surface area contributed by atoms with Crippen LogP contribution in [0.3, 0.4) is 0 Å². The zero-order chi connectivity index (χ0) is 13.7. The molecule has 0 aromatic heterocycles. The highest BCUT2D eigenvalue weighted by Crippen LogP contribution is 2.19. The molecule has 0 bridgehead atoms. The molecule has 0 spiro atoms. The molecular weight excluding hydrogens is 309 g/mol. The zero-order valence-corrected chi connectivity index (χ0v) is 12.0. The average molecular weight is 324 g/mol. The van der Waals surface area contributed by atoms with E-state index in [1.807, 2.05) is 24.3 Å². The van der Waals surface area contributed by atoms with Crippen molar-refractivity contribution in [2.75, 3.05) is 6.54 Å². The molecule has 2 N–H and O–H groups in total. The van der Waals surface area contributed by atoms with Gasteiger partial charge in [-0.2, -0.15) is 0 Å². The number of hydrogen-bond acceptors (Lipinski definition) is 2. The second-order valence-electron chi connectivity index (χ2n) is 4.21. The van der Waals surface area contributed by atoms with E-state index in [2.05, 4.69) is 15.9 Å². The van der Waals surface area contributed by atoms with Gasteiger partial charge in [0.25, 0.3) is 0 Å². The van der Waals surface area contributed by atoms with Crippen LogP contribution >= 0.6 is 15.9 Å². The summed E-state index contributed by atoms with van der Waals surface area (Å²) >= 11 is 3.32. The van der Waals surface area contributed by atoms with E-state index in [-0.39, 0.29) is 12.4 Å². The molecule has 0 atom stereocenters. The van der Waals surface area contributed by atoms with E-state index in [1.165, 1.54) is 11.6 Å². The van der Waals surface area contributed by atoms with Gasteiger partial charge >= 0.3 is 0 Å². The number of hydrogen-bond donors (Lipinski definition) is 1. The summed E-state index contributed by atoms with van der Waals surface area (Å²) in [7, 11) is 0. The Bertz CT molecular complexity index is 542. The minimum Gasteiger partial charge on any atom is -0.489 e. The van der Waals surface area contributed by atoms with Gasteiger partial charge in [-0.25, -0.2) is 4.39 Å². The Hall–Kier alpha value is -1.39. The lowest BCUT2D eigenvalue weighted by Gasteiger charge is -2.08. The maximum Gasteiger partial charge on any atom is 0.129 e. The summed E-state index contributed by atoms with van der Waals surface area (Å²) in [5.41, 5.74) is 7.18. The molecule has 0 saturated heterocycles. The lowest BCUT2D eigenvalue weighted by atomic mass is 10.1. The first-order valence-corrected chi connectivity index (χ1v) is 6.84. The molecular formula is C15H15BrFNO. The van der Waals surface area contributed by atoms with Crippen molar-refractivity contribution in [3.8, 4) is 5.75 Å². The molecule has 2 aromatic carbocycles. The van der Waals surface area contributed by atoms with Gasteiger partial charge in [-0.15, -0.1) is 0 Å². The lowest BCUT2D eigenvalue weighted by molar-refractivity contribution is 0.299. The van der Waals surface area contributed by atoms with Gasteiger partial charge in [0, 0.05) is 10.0 Å². The Balaban J connectivity index is 2.00. The van der Waals surface area contributed by atoms with E-state index >= 15 is 0 Å². The standard InChI is InChI=1S/C15H15BrFNO/c16-13-3-6-15(17)12(9-13)10-19-14-4-1-11(2-5-14)7-8-18/h1-6,9H,7-8,10,18H2. The van der Waals surface area contributed by atoms with Crippen LogP contribution in [0.2, 0.25) is 0 Å². The summed E-state index contributed by atoms with van der Waals surface area (Å²) in [4.78, 5) is 0. The van der Waals surface area contributed by atoms with Crippen LogP contribution in [0.4, 0.5) is 4.39 Å². The Morgan fingerprint density at radius 1 is 1.11 bits per heavy atom. The first-order chi connectivity index (χ1) is 9.19. The van der Waals surface area contributed by atoms with Crippen LogP contribution in [0.5, 0.6) is 5.75 Å². The molecule has 0 fully saturated rings. The zero-order valence-electron chi connectivity index (χ0n) is 10.4. The summed E-state index contributed by atoms with van der Waals surface area (Å²) in [6.45, 7) is 0.838. The molecule has 0 aliphatic carbocycles. The molecule has 2 rings (SSSR count). The van der Waals surface area contributed by atoms with Gasteiger partial charge in [0.05, 0.1) is 0 Å². The largest absolute Gasteiger partial charge is 0.489 e. The van der Waals surface area contributed by atoms with Crippen LogP contribution in [0, 0.1) is 5.82 Å². The molecule has 0 aliphatic rings. The Morgan fingerprint density at radius 3 is 2.53 bits per heavy atom. The van der Waals surface area contributed by atoms with E-state index in [0.717, 1.165) is 16.6 Å². The van der Waals surface area contributed by atoms with Gasteiger partial charge in [-0.3, -0.25) is 0 Å². The molecule has 2 aromatic rings. The monoisotopic (exact) mass is 323 g/mol. The molecule has 0 aliphatic heterocycles. The average Bonchev–Trinajstić information content (AvgIpc) is 2.42. The molecule has 0 radical (unpaired) electrons. The first kappa shape index (κ1) is 14.0. The van der Waals surface area contributed by atoms with Gasteiger partial charge in [0.1, 0.15) is 18.2 Å². The third kappa shape index (κ3) is 4.04. The summed E-state index contributed by atoms with van der Waals surface area (Å²) < 4.78 is 19.9. The highest BCUT2D eigenvalue weighted by molar-refractivity contribution is 9.10. The number of benzene rings is 2. The molecule has 100 valence electrons. The van der Waals surface area contributed by atoms with Crippen molar-refractivity contribution in [1.82, 2.24) is 0 Å². The topological polar surface area (TPSA) is 35.2 Å². The lowest BCUT2D eigenvalue weighted by Crippen LogP contribution is -2.02. The highest BCUT2D eigenvalue weighted by Gasteiger charge is 2.04.